The average molecular weight is 687 g/mol. The molecule has 2 amide bonds. The zero-order chi connectivity index (χ0) is 34.9. The number of alkyl carbamates (subject to hydrolysis) is 1. The number of hydrogen-bond donors (Lipinski definition) is 2. The predicted octanol–water partition coefficient (Wildman–Crippen LogP) is 9.30. The van der Waals surface area contributed by atoms with Crippen LogP contribution in [0.15, 0.2) is 0 Å². The van der Waals surface area contributed by atoms with Crippen molar-refractivity contribution in [2.45, 2.75) is 174 Å². The van der Waals surface area contributed by atoms with Crippen molar-refractivity contribution < 1.29 is 33.3 Å². The summed E-state index contributed by atoms with van der Waals surface area (Å²) >= 11 is 0. The van der Waals surface area contributed by atoms with Gasteiger partial charge in [0.15, 0.2) is 0 Å². The zero-order valence-corrected chi connectivity index (χ0v) is 31.6. The third-order valence-electron chi connectivity index (χ3n) is 8.56. The van der Waals surface area contributed by atoms with Gasteiger partial charge in [-0.3, -0.25) is 4.79 Å². The number of carbonyl (C=O) groups excluding carboxylic acids is 2. The van der Waals surface area contributed by atoms with E-state index in [4.69, 9.17) is 23.7 Å². The maximum Gasteiger partial charge on any atom is 0.407 e. The van der Waals surface area contributed by atoms with E-state index in [0.29, 0.717) is 59.1 Å². The molecule has 0 aliphatic heterocycles. The summed E-state index contributed by atoms with van der Waals surface area (Å²) in [7, 11) is 0. The highest BCUT2D eigenvalue weighted by molar-refractivity contribution is 5.67. The minimum absolute atomic E-state index is 0.173. The third-order valence-corrected chi connectivity index (χ3v) is 8.56. The van der Waals surface area contributed by atoms with Crippen LogP contribution < -0.4 is 10.6 Å². The lowest BCUT2D eigenvalue weighted by Crippen LogP contribution is -2.33. The molecule has 0 rings (SSSR count). The summed E-state index contributed by atoms with van der Waals surface area (Å²) in [4.78, 5) is 22.4. The Hall–Kier alpha value is -1.42. The first-order valence-electron chi connectivity index (χ1n) is 20.2. The number of hydrogen-bond acceptors (Lipinski definition) is 7. The predicted molar refractivity (Wildman–Crippen MR) is 198 cm³/mol. The van der Waals surface area contributed by atoms with E-state index in [1.807, 2.05) is 0 Å². The lowest BCUT2D eigenvalue weighted by molar-refractivity contribution is -0.109. The molecule has 0 aromatic carbocycles. The van der Waals surface area contributed by atoms with E-state index in [1.165, 1.54) is 141 Å². The molecule has 9 nitrogen and oxygen atoms in total. The van der Waals surface area contributed by atoms with Crippen LogP contribution in [0.25, 0.3) is 0 Å². The topological polar surface area (TPSA) is 104 Å². The molecule has 9 heteroatoms. The molecule has 0 fully saturated rings. The van der Waals surface area contributed by atoms with Crippen molar-refractivity contribution in [3.05, 3.63) is 0 Å². The van der Waals surface area contributed by atoms with Gasteiger partial charge in [-0.05, 0) is 12.8 Å². The van der Waals surface area contributed by atoms with Crippen molar-refractivity contribution in [2.75, 3.05) is 65.9 Å². The molecule has 286 valence electrons. The van der Waals surface area contributed by atoms with E-state index in [9.17, 15) is 9.59 Å². The highest BCUT2D eigenvalue weighted by Crippen LogP contribution is 2.13. The largest absolute Gasteiger partial charge is 0.447 e. The van der Waals surface area contributed by atoms with Crippen molar-refractivity contribution in [1.29, 1.82) is 0 Å². The fourth-order valence-electron chi connectivity index (χ4n) is 5.55. The molecule has 1 unspecified atom stereocenters. The molecule has 0 aromatic heterocycles. The Morgan fingerprint density at radius 1 is 0.500 bits per heavy atom. The average Bonchev–Trinajstić information content (AvgIpc) is 3.09. The van der Waals surface area contributed by atoms with Crippen LogP contribution in [-0.2, 0) is 28.5 Å². The molecule has 2 N–H and O–H groups in total. The first kappa shape index (κ1) is 46.6. The van der Waals surface area contributed by atoms with E-state index < -0.39 is 6.09 Å². The smallest absolute Gasteiger partial charge is 0.407 e. The molecular weight excluding hydrogens is 608 g/mol. The summed E-state index contributed by atoms with van der Waals surface area (Å²) < 4.78 is 28.3. The first-order chi connectivity index (χ1) is 23.7. The van der Waals surface area contributed by atoms with Crippen molar-refractivity contribution in [3.8, 4) is 0 Å². The molecule has 0 aromatic rings. The van der Waals surface area contributed by atoms with Gasteiger partial charge >= 0.3 is 6.09 Å². The van der Waals surface area contributed by atoms with Crippen LogP contribution >= 0.6 is 0 Å². The lowest BCUT2D eigenvalue weighted by atomic mass is 10.1. The molecule has 0 aliphatic carbocycles. The molecule has 0 bridgehead atoms. The van der Waals surface area contributed by atoms with Crippen LogP contribution in [0, 0.1) is 0 Å². The number of carbonyl (C=O) groups is 2. The maximum absolute atomic E-state index is 12.2. The second-order valence-electron chi connectivity index (χ2n) is 13.2. The van der Waals surface area contributed by atoms with Gasteiger partial charge in [-0.2, -0.15) is 0 Å². The van der Waals surface area contributed by atoms with E-state index in [-0.39, 0.29) is 12.7 Å². The molecule has 1 atom stereocenters. The first-order valence-corrected chi connectivity index (χ1v) is 20.2. The summed E-state index contributed by atoms with van der Waals surface area (Å²) in [6, 6.07) is 0. The summed E-state index contributed by atoms with van der Waals surface area (Å²) in [6.07, 6.45) is 31.5. The Morgan fingerprint density at radius 3 is 1.42 bits per heavy atom. The quantitative estimate of drug-likeness (QED) is 0.0488. The van der Waals surface area contributed by atoms with E-state index in [1.54, 1.807) is 0 Å². The van der Waals surface area contributed by atoms with Crippen molar-refractivity contribution in [3.63, 3.8) is 0 Å². The molecule has 0 heterocycles. The number of nitrogens with one attached hydrogen (secondary N) is 2. The lowest BCUT2D eigenvalue weighted by Gasteiger charge is -2.18. The monoisotopic (exact) mass is 687 g/mol. The SMILES string of the molecule is CCCCCCCCCCCCCCOCC(COC(=O)NCCOCCOCCNC=O)OCCCCCCCCCCCCCC. The minimum Gasteiger partial charge on any atom is -0.447 e. The Labute approximate surface area is 296 Å². The molecule has 0 spiro atoms. The molecule has 0 saturated heterocycles. The fraction of sp³-hybridized carbons (Fsp3) is 0.949. The van der Waals surface area contributed by atoms with Crippen molar-refractivity contribution >= 4 is 12.5 Å². The van der Waals surface area contributed by atoms with Gasteiger partial charge in [0, 0.05) is 26.3 Å². The van der Waals surface area contributed by atoms with Gasteiger partial charge in [0.1, 0.15) is 12.7 Å². The second kappa shape index (κ2) is 41.7. The Balaban J connectivity index is 4.05. The molecule has 48 heavy (non-hydrogen) atoms. The summed E-state index contributed by atoms with van der Waals surface area (Å²) in [5, 5.41) is 5.25. The van der Waals surface area contributed by atoms with Crippen LogP contribution in [0.5, 0.6) is 0 Å². The van der Waals surface area contributed by atoms with E-state index >= 15 is 0 Å². The van der Waals surface area contributed by atoms with Crippen LogP contribution in [0.1, 0.15) is 168 Å². The van der Waals surface area contributed by atoms with E-state index in [0.717, 1.165) is 19.4 Å². The van der Waals surface area contributed by atoms with Gasteiger partial charge in [0.25, 0.3) is 0 Å². The highest BCUT2D eigenvalue weighted by atomic mass is 16.6. The highest BCUT2D eigenvalue weighted by Gasteiger charge is 2.13. The van der Waals surface area contributed by atoms with Gasteiger partial charge in [0.05, 0.1) is 33.0 Å². The minimum atomic E-state index is -0.477. The molecule has 0 saturated carbocycles. The number of amides is 2. The van der Waals surface area contributed by atoms with Gasteiger partial charge in [-0.15, -0.1) is 0 Å². The van der Waals surface area contributed by atoms with Crippen LogP contribution in [-0.4, -0.2) is 84.6 Å². The summed E-state index contributed by atoms with van der Waals surface area (Å²) in [5.74, 6) is 0. The van der Waals surface area contributed by atoms with E-state index in [2.05, 4.69) is 24.5 Å². The van der Waals surface area contributed by atoms with Crippen molar-refractivity contribution in [1.82, 2.24) is 10.6 Å². The van der Waals surface area contributed by atoms with Gasteiger partial charge in [0.2, 0.25) is 6.41 Å². The Kier molecular flexibility index (Phi) is 40.5. The van der Waals surface area contributed by atoms with Gasteiger partial charge in [-0.1, -0.05) is 155 Å². The molecule has 0 radical (unpaired) electrons. The second-order valence-corrected chi connectivity index (χ2v) is 13.2. The molecule has 0 aliphatic rings. The molecular formula is C39H78N2O7. The standard InChI is InChI=1S/C39H78N2O7/c1-3-5-7-9-11-13-15-17-19-21-23-25-29-46-35-38(47-30-26-24-22-20-18-16-14-12-10-8-6-4-2)36-48-39(43)41-28-32-45-34-33-44-31-27-40-37-42/h37-38H,3-36H2,1-2H3,(H,40,42)(H,41,43). The summed E-state index contributed by atoms with van der Waals surface area (Å²) in [6.45, 7) is 9.03. The zero-order valence-electron chi connectivity index (χ0n) is 31.6. The van der Waals surface area contributed by atoms with Crippen LogP contribution in [0.4, 0.5) is 4.79 Å². The number of ether oxygens (including phenoxy) is 5. The van der Waals surface area contributed by atoms with Gasteiger partial charge in [-0.25, -0.2) is 4.79 Å². The third kappa shape index (κ3) is 39.0. The Morgan fingerprint density at radius 2 is 0.938 bits per heavy atom. The fourth-order valence-corrected chi connectivity index (χ4v) is 5.55. The summed E-state index contributed by atoms with van der Waals surface area (Å²) in [5.41, 5.74) is 0. The van der Waals surface area contributed by atoms with Gasteiger partial charge < -0.3 is 34.3 Å². The Bertz CT molecular complexity index is 641. The number of rotatable bonds is 41. The number of unbranched alkanes of at least 4 members (excludes halogenated alkanes) is 22. The normalized spacial score (nSPS) is 11.9. The maximum atomic E-state index is 12.2. The van der Waals surface area contributed by atoms with Crippen molar-refractivity contribution in [2.24, 2.45) is 0 Å². The van der Waals surface area contributed by atoms with Crippen LogP contribution in [0.2, 0.25) is 0 Å². The van der Waals surface area contributed by atoms with Crippen LogP contribution in [0.3, 0.4) is 0 Å².